The van der Waals surface area contributed by atoms with Gasteiger partial charge < -0.3 is 9.88 Å². The third kappa shape index (κ3) is 2.93. The zero-order valence-electron chi connectivity index (χ0n) is 9.73. The van der Waals surface area contributed by atoms with Crippen molar-refractivity contribution in [1.82, 2.24) is 14.9 Å². The van der Waals surface area contributed by atoms with Crippen molar-refractivity contribution in [2.45, 2.75) is 33.5 Å². The molecule has 2 rings (SSSR count). The van der Waals surface area contributed by atoms with Crippen LogP contribution in [0, 0.1) is 6.92 Å². The standard InChI is InChI=1S/C12H17N3S/c1-3-15-5-4-11(8-15)6-13-7-12-14-10(2)9-16-12/h4-5,8-9,13H,3,6-7H2,1-2H3. The summed E-state index contributed by atoms with van der Waals surface area (Å²) in [7, 11) is 0. The monoisotopic (exact) mass is 235 g/mol. The summed E-state index contributed by atoms with van der Waals surface area (Å²) in [5, 5.41) is 6.65. The molecule has 2 heterocycles. The molecule has 0 saturated heterocycles. The summed E-state index contributed by atoms with van der Waals surface area (Å²) in [6.45, 7) is 6.98. The second-order valence-corrected chi connectivity index (χ2v) is 4.78. The summed E-state index contributed by atoms with van der Waals surface area (Å²) in [6, 6.07) is 2.16. The lowest BCUT2D eigenvalue weighted by Crippen LogP contribution is -2.12. The van der Waals surface area contributed by atoms with Crippen molar-refractivity contribution in [1.29, 1.82) is 0 Å². The van der Waals surface area contributed by atoms with Crippen LogP contribution < -0.4 is 5.32 Å². The normalized spacial score (nSPS) is 10.9. The van der Waals surface area contributed by atoms with Gasteiger partial charge in [-0.25, -0.2) is 4.98 Å². The fourth-order valence-electron chi connectivity index (χ4n) is 1.59. The molecule has 0 aliphatic rings. The highest BCUT2D eigenvalue weighted by Gasteiger charge is 1.99. The van der Waals surface area contributed by atoms with Crippen molar-refractivity contribution in [3.8, 4) is 0 Å². The van der Waals surface area contributed by atoms with Crippen molar-refractivity contribution in [2.75, 3.05) is 0 Å². The fourth-order valence-corrected chi connectivity index (χ4v) is 2.33. The molecule has 0 spiro atoms. The summed E-state index contributed by atoms with van der Waals surface area (Å²) < 4.78 is 2.19. The van der Waals surface area contributed by atoms with Crippen molar-refractivity contribution in [2.24, 2.45) is 0 Å². The summed E-state index contributed by atoms with van der Waals surface area (Å²) in [5.41, 5.74) is 2.44. The van der Waals surface area contributed by atoms with E-state index in [1.165, 1.54) is 5.56 Å². The molecule has 0 fully saturated rings. The topological polar surface area (TPSA) is 29.9 Å². The smallest absolute Gasteiger partial charge is 0.107 e. The van der Waals surface area contributed by atoms with Crippen molar-refractivity contribution in [3.63, 3.8) is 0 Å². The van der Waals surface area contributed by atoms with Crippen molar-refractivity contribution >= 4 is 11.3 Å². The molecule has 86 valence electrons. The van der Waals surface area contributed by atoms with E-state index in [-0.39, 0.29) is 0 Å². The van der Waals surface area contributed by atoms with Crippen molar-refractivity contribution in [3.05, 3.63) is 40.1 Å². The maximum Gasteiger partial charge on any atom is 0.107 e. The quantitative estimate of drug-likeness (QED) is 0.863. The lowest BCUT2D eigenvalue weighted by molar-refractivity contribution is 0.684. The van der Waals surface area contributed by atoms with Gasteiger partial charge in [0.15, 0.2) is 0 Å². The molecule has 0 amide bonds. The Bertz CT molecular complexity index is 445. The van der Waals surface area contributed by atoms with Crippen LogP contribution in [-0.4, -0.2) is 9.55 Å². The molecule has 0 bridgehead atoms. The molecule has 0 aliphatic heterocycles. The van der Waals surface area contributed by atoms with Crippen LogP contribution in [0.25, 0.3) is 0 Å². The number of rotatable bonds is 5. The molecule has 0 saturated carbocycles. The van der Waals surface area contributed by atoms with Gasteiger partial charge in [0.1, 0.15) is 5.01 Å². The maximum absolute atomic E-state index is 4.41. The molecule has 0 aliphatic carbocycles. The largest absolute Gasteiger partial charge is 0.354 e. The molecular formula is C12H17N3S. The Balaban J connectivity index is 1.79. The van der Waals surface area contributed by atoms with Crippen molar-refractivity contribution < 1.29 is 0 Å². The molecule has 0 atom stereocenters. The molecule has 2 aromatic rings. The minimum atomic E-state index is 0.857. The average Bonchev–Trinajstić information content (AvgIpc) is 2.88. The molecule has 0 aromatic carbocycles. The van der Waals surface area contributed by atoms with E-state index in [9.17, 15) is 0 Å². The van der Waals surface area contributed by atoms with Gasteiger partial charge in [-0.05, 0) is 25.5 Å². The van der Waals surface area contributed by atoms with E-state index in [1.807, 2.05) is 6.92 Å². The van der Waals surface area contributed by atoms with Crippen LogP contribution in [0.5, 0.6) is 0 Å². The molecule has 1 N–H and O–H groups in total. The third-order valence-electron chi connectivity index (χ3n) is 2.45. The van der Waals surface area contributed by atoms with E-state index in [2.05, 4.69) is 45.6 Å². The first kappa shape index (κ1) is 11.4. The minimum absolute atomic E-state index is 0.857. The number of aromatic nitrogens is 2. The number of aryl methyl sites for hydroxylation is 2. The Morgan fingerprint density at radius 3 is 2.94 bits per heavy atom. The predicted molar refractivity (Wildman–Crippen MR) is 67.5 cm³/mol. The van der Waals surface area contributed by atoms with E-state index >= 15 is 0 Å². The Morgan fingerprint density at radius 2 is 2.31 bits per heavy atom. The zero-order valence-corrected chi connectivity index (χ0v) is 10.5. The highest BCUT2D eigenvalue weighted by Crippen LogP contribution is 2.08. The lowest BCUT2D eigenvalue weighted by Gasteiger charge is -2.00. The lowest BCUT2D eigenvalue weighted by atomic mass is 10.3. The summed E-state index contributed by atoms with van der Waals surface area (Å²) >= 11 is 1.72. The number of hydrogen-bond acceptors (Lipinski definition) is 3. The van der Waals surface area contributed by atoms with Gasteiger partial charge in [0, 0.05) is 43.1 Å². The SMILES string of the molecule is CCn1ccc(CNCc2nc(C)cs2)c1. The number of thiazole rings is 1. The van der Waals surface area contributed by atoms with Crippen LogP contribution in [0.4, 0.5) is 0 Å². The molecule has 2 aromatic heterocycles. The summed E-state index contributed by atoms with van der Waals surface area (Å²) in [4.78, 5) is 4.41. The van der Waals surface area contributed by atoms with Gasteiger partial charge in [-0.1, -0.05) is 0 Å². The van der Waals surface area contributed by atoms with Crippen LogP contribution >= 0.6 is 11.3 Å². The molecule has 4 heteroatoms. The second-order valence-electron chi connectivity index (χ2n) is 3.84. The van der Waals surface area contributed by atoms with Crippen LogP contribution in [0.2, 0.25) is 0 Å². The van der Waals surface area contributed by atoms with E-state index in [1.54, 1.807) is 11.3 Å². The molecule has 0 unspecified atom stereocenters. The Kier molecular flexibility index (Phi) is 3.74. The first-order chi connectivity index (χ1) is 7.78. The van der Waals surface area contributed by atoms with Gasteiger partial charge in [-0.3, -0.25) is 0 Å². The highest BCUT2D eigenvalue weighted by atomic mass is 32.1. The Labute approximate surface area is 100 Å². The van der Waals surface area contributed by atoms with E-state index in [4.69, 9.17) is 0 Å². The van der Waals surface area contributed by atoms with Gasteiger partial charge in [0.2, 0.25) is 0 Å². The fraction of sp³-hybridized carbons (Fsp3) is 0.417. The maximum atomic E-state index is 4.41. The van der Waals surface area contributed by atoms with E-state index < -0.39 is 0 Å². The van der Waals surface area contributed by atoms with Gasteiger partial charge in [0.25, 0.3) is 0 Å². The summed E-state index contributed by atoms with van der Waals surface area (Å²) in [6.07, 6.45) is 4.30. The molecule has 3 nitrogen and oxygen atoms in total. The van der Waals surface area contributed by atoms with Crippen LogP contribution in [0.15, 0.2) is 23.8 Å². The average molecular weight is 235 g/mol. The van der Waals surface area contributed by atoms with Gasteiger partial charge in [-0.2, -0.15) is 0 Å². The molecular weight excluding hydrogens is 218 g/mol. The third-order valence-corrected chi connectivity index (χ3v) is 3.42. The summed E-state index contributed by atoms with van der Waals surface area (Å²) in [5.74, 6) is 0. The van der Waals surface area contributed by atoms with E-state index in [0.29, 0.717) is 0 Å². The minimum Gasteiger partial charge on any atom is -0.354 e. The zero-order chi connectivity index (χ0) is 11.4. The Hall–Kier alpha value is -1.13. The van der Waals surface area contributed by atoms with E-state index in [0.717, 1.165) is 30.3 Å². The molecule has 16 heavy (non-hydrogen) atoms. The highest BCUT2D eigenvalue weighted by molar-refractivity contribution is 7.09. The van der Waals surface area contributed by atoms with Gasteiger partial charge >= 0.3 is 0 Å². The number of nitrogens with zero attached hydrogens (tertiary/aromatic N) is 2. The van der Waals surface area contributed by atoms with Gasteiger partial charge in [-0.15, -0.1) is 11.3 Å². The number of hydrogen-bond donors (Lipinski definition) is 1. The van der Waals surface area contributed by atoms with Crippen LogP contribution in [0.1, 0.15) is 23.2 Å². The van der Waals surface area contributed by atoms with Crippen LogP contribution in [-0.2, 0) is 19.6 Å². The van der Waals surface area contributed by atoms with Crippen LogP contribution in [0.3, 0.4) is 0 Å². The predicted octanol–water partition coefficient (Wildman–Crippen LogP) is 2.56. The Morgan fingerprint density at radius 1 is 1.44 bits per heavy atom. The first-order valence-electron chi connectivity index (χ1n) is 5.54. The van der Waals surface area contributed by atoms with Gasteiger partial charge in [0.05, 0.1) is 0 Å². The number of nitrogens with one attached hydrogen (secondary N) is 1. The first-order valence-corrected chi connectivity index (χ1v) is 6.42. The molecule has 0 radical (unpaired) electrons. The second kappa shape index (κ2) is 5.27.